The summed E-state index contributed by atoms with van der Waals surface area (Å²) in [7, 11) is 0. The van der Waals surface area contributed by atoms with Gasteiger partial charge in [-0.15, -0.1) is 23.1 Å². The maximum absolute atomic E-state index is 14.3. The molecule has 2 aromatic rings. The molecule has 0 N–H and O–H groups in total. The molecule has 0 radical (unpaired) electrons. The third-order valence-electron chi connectivity index (χ3n) is 4.49. The lowest BCUT2D eigenvalue weighted by Crippen LogP contribution is -2.40. The smallest absolute Gasteiger partial charge is 0.263 e. The van der Waals surface area contributed by atoms with Crippen molar-refractivity contribution in [1.82, 2.24) is 9.80 Å². The zero-order chi connectivity index (χ0) is 19.6. The Morgan fingerprint density at radius 2 is 2.07 bits per heavy atom. The van der Waals surface area contributed by atoms with Crippen LogP contribution in [0.1, 0.15) is 34.5 Å². The topological polar surface area (TPSA) is 40.6 Å². The highest BCUT2D eigenvalue weighted by Crippen LogP contribution is 2.43. The minimum Gasteiger partial charge on any atom is -0.336 e. The molecule has 8 heteroatoms. The van der Waals surface area contributed by atoms with Gasteiger partial charge in [-0.3, -0.25) is 9.59 Å². The lowest BCUT2D eigenvalue weighted by Gasteiger charge is -2.28. The van der Waals surface area contributed by atoms with Gasteiger partial charge in [0.2, 0.25) is 5.91 Å². The molecular weight excluding hydrogens is 390 g/mol. The van der Waals surface area contributed by atoms with Crippen LogP contribution in [-0.2, 0) is 4.79 Å². The Morgan fingerprint density at radius 3 is 2.70 bits per heavy atom. The average Bonchev–Trinajstić information content (AvgIpc) is 3.26. The summed E-state index contributed by atoms with van der Waals surface area (Å²) in [6, 6.07) is 7.01. The summed E-state index contributed by atoms with van der Waals surface area (Å²) < 4.78 is 27.5. The molecule has 0 saturated carbocycles. The van der Waals surface area contributed by atoms with Gasteiger partial charge in [0.1, 0.15) is 17.0 Å². The Morgan fingerprint density at radius 1 is 1.30 bits per heavy atom. The molecule has 1 aromatic heterocycles. The van der Waals surface area contributed by atoms with Crippen LogP contribution < -0.4 is 0 Å². The van der Waals surface area contributed by atoms with Crippen LogP contribution >= 0.6 is 23.1 Å². The molecule has 27 heavy (non-hydrogen) atoms. The molecule has 0 spiro atoms. The normalized spacial score (nSPS) is 19.6. The first-order valence-electron chi connectivity index (χ1n) is 8.66. The van der Waals surface area contributed by atoms with E-state index in [0.717, 1.165) is 6.07 Å². The molecule has 1 aliphatic heterocycles. The first-order valence-corrected chi connectivity index (χ1v) is 10.5. The fourth-order valence-corrected chi connectivity index (χ4v) is 5.06. The van der Waals surface area contributed by atoms with Crippen molar-refractivity contribution >= 4 is 34.9 Å². The molecule has 144 valence electrons. The first kappa shape index (κ1) is 19.8. The Hall–Kier alpha value is -1.93. The summed E-state index contributed by atoms with van der Waals surface area (Å²) >= 11 is 2.71. The quantitative estimate of drug-likeness (QED) is 0.718. The van der Waals surface area contributed by atoms with Gasteiger partial charge in [0, 0.05) is 31.3 Å². The summed E-state index contributed by atoms with van der Waals surface area (Å²) in [5, 5.41) is 1.00. The van der Waals surface area contributed by atoms with Crippen molar-refractivity contribution in [3.63, 3.8) is 0 Å². The van der Waals surface area contributed by atoms with Crippen LogP contribution in [0.2, 0.25) is 0 Å². The van der Waals surface area contributed by atoms with E-state index in [1.54, 1.807) is 22.8 Å². The summed E-state index contributed by atoms with van der Waals surface area (Å²) in [6.07, 6.45) is 0. The third-order valence-corrected chi connectivity index (χ3v) is 6.72. The van der Waals surface area contributed by atoms with E-state index >= 15 is 0 Å². The highest BCUT2D eigenvalue weighted by molar-refractivity contribution is 8.01. The number of hydrogen-bond donors (Lipinski definition) is 0. The van der Waals surface area contributed by atoms with Gasteiger partial charge in [-0.2, -0.15) is 0 Å². The maximum Gasteiger partial charge on any atom is 0.263 e. The van der Waals surface area contributed by atoms with Gasteiger partial charge in [0.25, 0.3) is 5.91 Å². The Bertz CT molecular complexity index is 829. The minimum atomic E-state index is -0.665. The Kier molecular flexibility index (Phi) is 6.16. The molecule has 3 rings (SSSR count). The zero-order valence-corrected chi connectivity index (χ0v) is 16.7. The molecule has 1 fully saturated rings. The van der Waals surface area contributed by atoms with Crippen molar-refractivity contribution in [3.05, 3.63) is 57.8 Å². The molecule has 2 heterocycles. The molecule has 1 aromatic carbocycles. The van der Waals surface area contributed by atoms with Crippen LogP contribution in [0.3, 0.4) is 0 Å². The molecule has 2 atom stereocenters. The number of rotatable bonds is 6. The monoisotopic (exact) mass is 410 g/mol. The number of hydrogen-bond acceptors (Lipinski definition) is 4. The van der Waals surface area contributed by atoms with E-state index in [2.05, 4.69) is 0 Å². The van der Waals surface area contributed by atoms with Crippen molar-refractivity contribution in [2.75, 3.05) is 19.6 Å². The summed E-state index contributed by atoms with van der Waals surface area (Å²) in [5.41, 5.74) is 0.284. The highest BCUT2D eigenvalue weighted by Gasteiger charge is 2.39. The fraction of sp³-hybridized carbons (Fsp3) is 0.368. The number of halogens is 2. The lowest BCUT2D eigenvalue weighted by molar-refractivity contribution is -0.130. The number of likely N-dealkylation sites (N-methyl/N-ethyl adjacent to an activating group) is 1. The Balaban J connectivity index is 1.76. The van der Waals surface area contributed by atoms with Crippen molar-refractivity contribution in [2.24, 2.45) is 0 Å². The predicted octanol–water partition coefficient (Wildman–Crippen LogP) is 4.15. The van der Waals surface area contributed by atoms with Crippen molar-refractivity contribution in [3.8, 4) is 0 Å². The summed E-state index contributed by atoms with van der Waals surface area (Å²) in [6.45, 7) is 4.81. The second kappa shape index (κ2) is 8.39. The highest BCUT2D eigenvalue weighted by atomic mass is 32.2. The van der Waals surface area contributed by atoms with Crippen molar-refractivity contribution in [1.29, 1.82) is 0 Å². The van der Waals surface area contributed by atoms with Crippen LogP contribution in [0.4, 0.5) is 8.78 Å². The van der Waals surface area contributed by atoms with Crippen LogP contribution in [0.5, 0.6) is 0 Å². The minimum absolute atomic E-state index is 0.0793. The van der Waals surface area contributed by atoms with Gasteiger partial charge in [-0.25, -0.2) is 8.78 Å². The van der Waals surface area contributed by atoms with Crippen LogP contribution in [0.25, 0.3) is 0 Å². The molecular formula is C19H20F2N2O2S2. The second-order valence-corrected chi connectivity index (χ2v) is 8.56. The van der Waals surface area contributed by atoms with Gasteiger partial charge in [0.15, 0.2) is 0 Å². The van der Waals surface area contributed by atoms with Gasteiger partial charge in [0.05, 0.1) is 10.1 Å². The number of carbonyl (C=O) groups excluding carboxylic acids is 2. The van der Waals surface area contributed by atoms with E-state index in [9.17, 15) is 18.4 Å². The van der Waals surface area contributed by atoms with Gasteiger partial charge in [-0.05, 0) is 31.4 Å². The molecule has 2 amide bonds. The zero-order valence-electron chi connectivity index (χ0n) is 15.0. The molecule has 1 aliphatic rings. The number of carbonyl (C=O) groups is 2. The second-order valence-electron chi connectivity index (χ2n) is 6.19. The SMILES string of the molecule is CCN(CCN1C(=O)[C@@H](C)S[C@@H]1c1ccc(F)cc1F)C(=O)c1cccs1. The molecule has 1 saturated heterocycles. The van der Waals surface area contributed by atoms with Gasteiger partial charge in [-0.1, -0.05) is 12.1 Å². The van der Waals surface area contributed by atoms with Crippen LogP contribution in [0.15, 0.2) is 35.7 Å². The number of benzene rings is 1. The fourth-order valence-electron chi connectivity index (χ4n) is 3.03. The summed E-state index contributed by atoms with van der Waals surface area (Å²) in [5.74, 6) is -1.50. The predicted molar refractivity (Wildman–Crippen MR) is 104 cm³/mol. The van der Waals surface area contributed by atoms with Crippen molar-refractivity contribution in [2.45, 2.75) is 24.5 Å². The number of amides is 2. The molecule has 0 unspecified atom stereocenters. The lowest BCUT2D eigenvalue weighted by atomic mass is 10.2. The van der Waals surface area contributed by atoms with Crippen molar-refractivity contribution < 1.29 is 18.4 Å². The van der Waals surface area contributed by atoms with Gasteiger partial charge < -0.3 is 9.80 Å². The van der Waals surface area contributed by atoms with E-state index in [0.29, 0.717) is 24.5 Å². The molecule has 0 aliphatic carbocycles. The van der Waals surface area contributed by atoms with Gasteiger partial charge >= 0.3 is 0 Å². The van der Waals surface area contributed by atoms with E-state index in [-0.39, 0.29) is 22.6 Å². The van der Waals surface area contributed by atoms with Crippen LogP contribution in [-0.4, -0.2) is 46.5 Å². The maximum atomic E-state index is 14.3. The number of thioether (sulfide) groups is 1. The van der Waals surface area contributed by atoms with E-state index in [1.165, 1.54) is 35.2 Å². The van der Waals surface area contributed by atoms with Crippen LogP contribution in [0, 0.1) is 11.6 Å². The standard InChI is InChI=1S/C19H20F2N2O2S2/c1-3-22(18(25)16-5-4-10-26-16)8-9-23-17(24)12(2)27-19(23)14-7-6-13(20)11-15(14)21/h4-7,10-12,19H,3,8-9H2,1-2H3/t12-,19-/m1/s1. The first-order chi connectivity index (χ1) is 12.9. The van der Waals surface area contributed by atoms with E-state index in [1.807, 2.05) is 18.4 Å². The molecule has 4 nitrogen and oxygen atoms in total. The largest absolute Gasteiger partial charge is 0.336 e. The average molecular weight is 411 g/mol. The molecule has 0 bridgehead atoms. The van der Waals surface area contributed by atoms with E-state index in [4.69, 9.17) is 0 Å². The van der Waals surface area contributed by atoms with E-state index < -0.39 is 17.0 Å². The summed E-state index contributed by atoms with van der Waals surface area (Å²) in [4.78, 5) is 29.0. The Labute approximate surface area is 165 Å². The number of nitrogens with zero attached hydrogens (tertiary/aromatic N) is 2. The third kappa shape index (κ3) is 4.16. The number of thiophene rings is 1.